The summed E-state index contributed by atoms with van der Waals surface area (Å²) >= 11 is 0. The predicted octanol–water partition coefficient (Wildman–Crippen LogP) is 3.26. The Kier molecular flexibility index (Phi) is 4.88. The summed E-state index contributed by atoms with van der Waals surface area (Å²) < 4.78 is 23.2. The van der Waals surface area contributed by atoms with Crippen molar-refractivity contribution in [1.29, 1.82) is 0 Å². The van der Waals surface area contributed by atoms with Crippen molar-refractivity contribution in [2.24, 2.45) is 0 Å². The maximum absolute atomic E-state index is 13.1. The number of ketones is 1. The average molecular weight is 302 g/mol. The van der Waals surface area contributed by atoms with Crippen molar-refractivity contribution < 1.29 is 23.5 Å². The molecule has 0 heterocycles. The van der Waals surface area contributed by atoms with Crippen LogP contribution in [-0.2, 0) is 4.74 Å². The van der Waals surface area contributed by atoms with E-state index in [4.69, 9.17) is 9.47 Å². The lowest BCUT2D eigenvalue weighted by Gasteiger charge is -2.13. The first-order valence-corrected chi connectivity index (χ1v) is 6.66. The van der Waals surface area contributed by atoms with Crippen LogP contribution in [0.2, 0.25) is 0 Å². The molecule has 2 aromatic carbocycles. The summed E-state index contributed by atoms with van der Waals surface area (Å²) in [6, 6.07) is 11.7. The minimum absolute atomic E-state index is 0.0605. The van der Waals surface area contributed by atoms with E-state index < -0.39 is 17.9 Å². The van der Waals surface area contributed by atoms with Crippen LogP contribution < -0.4 is 4.74 Å². The van der Waals surface area contributed by atoms with Gasteiger partial charge in [0.2, 0.25) is 5.78 Å². The average Bonchev–Trinajstić information content (AvgIpc) is 2.54. The van der Waals surface area contributed by atoms with Crippen LogP contribution in [0, 0.1) is 5.82 Å². The molecule has 0 amide bonds. The molecule has 0 fully saturated rings. The molecule has 2 rings (SSSR count). The van der Waals surface area contributed by atoms with Crippen molar-refractivity contribution in [3.63, 3.8) is 0 Å². The summed E-state index contributed by atoms with van der Waals surface area (Å²) in [6.07, 6.45) is -0.983. The topological polar surface area (TPSA) is 52.6 Å². The molecule has 0 radical (unpaired) electrons. The molecule has 0 saturated heterocycles. The zero-order valence-electron chi connectivity index (χ0n) is 12.2. The number of rotatable bonds is 5. The van der Waals surface area contributed by atoms with E-state index in [0.29, 0.717) is 11.3 Å². The lowest BCUT2D eigenvalue weighted by molar-refractivity contribution is 0.0318. The largest absolute Gasteiger partial charge is 0.497 e. The first kappa shape index (κ1) is 15.7. The lowest BCUT2D eigenvalue weighted by Crippen LogP contribution is -2.24. The number of methoxy groups -OCH3 is 1. The summed E-state index contributed by atoms with van der Waals surface area (Å²) in [6.45, 7) is 1.47. The normalized spacial score (nSPS) is 11.6. The van der Waals surface area contributed by atoms with Crippen LogP contribution in [0.4, 0.5) is 4.39 Å². The molecular weight excluding hydrogens is 287 g/mol. The lowest BCUT2D eigenvalue weighted by atomic mass is 10.1. The van der Waals surface area contributed by atoms with E-state index in [2.05, 4.69) is 0 Å². The van der Waals surface area contributed by atoms with Crippen LogP contribution in [0.25, 0.3) is 0 Å². The highest BCUT2D eigenvalue weighted by atomic mass is 19.1. The molecule has 0 aliphatic rings. The SMILES string of the molecule is COc1cccc(C(=O)[C@@H](C)OC(=O)c2cccc(F)c2)c1. The van der Waals surface area contributed by atoms with Gasteiger partial charge in [0, 0.05) is 5.56 Å². The fourth-order valence-corrected chi connectivity index (χ4v) is 1.91. The van der Waals surface area contributed by atoms with E-state index in [9.17, 15) is 14.0 Å². The van der Waals surface area contributed by atoms with E-state index >= 15 is 0 Å². The molecule has 0 unspecified atom stereocenters. The number of benzene rings is 2. The molecule has 22 heavy (non-hydrogen) atoms. The minimum atomic E-state index is -0.983. The van der Waals surface area contributed by atoms with Crippen LogP contribution >= 0.6 is 0 Å². The van der Waals surface area contributed by atoms with Crippen LogP contribution in [0.1, 0.15) is 27.6 Å². The Hall–Kier alpha value is -2.69. The van der Waals surface area contributed by atoms with Gasteiger partial charge >= 0.3 is 5.97 Å². The third-order valence-corrected chi connectivity index (χ3v) is 3.07. The highest BCUT2D eigenvalue weighted by Gasteiger charge is 2.21. The van der Waals surface area contributed by atoms with Crippen molar-refractivity contribution in [2.75, 3.05) is 7.11 Å². The zero-order chi connectivity index (χ0) is 16.1. The number of carbonyl (C=O) groups excluding carboxylic acids is 2. The van der Waals surface area contributed by atoms with Crippen molar-refractivity contribution in [2.45, 2.75) is 13.0 Å². The van der Waals surface area contributed by atoms with Gasteiger partial charge in [0.1, 0.15) is 11.6 Å². The highest BCUT2D eigenvalue weighted by molar-refractivity contribution is 6.01. The van der Waals surface area contributed by atoms with Crippen molar-refractivity contribution >= 4 is 11.8 Å². The molecule has 2 aromatic rings. The monoisotopic (exact) mass is 302 g/mol. The Labute approximate surface area is 127 Å². The van der Waals surface area contributed by atoms with Gasteiger partial charge in [-0.2, -0.15) is 0 Å². The Morgan fingerprint density at radius 2 is 1.73 bits per heavy atom. The van der Waals surface area contributed by atoms with Crippen molar-refractivity contribution in [3.05, 3.63) is 65.5 Å². The van der Waals surface area contributed by atoms with Gasteiger partial charge < -0.3 is 9.47 Å². The Balaban J connectivity index is 2.09. The van der Waals surface area contributed by atoms with Crippen LogP contribution in [-0.4, -0.2) is 25.0 Å². The van der Waals surface area contributed by atoms with E-state index in [-0.39, 0.29) is 11.3 Å². The third-order valence-electron chi connectivity index (χ3n) is 3.07. The molecule has 114 valence electrons. The molecule has 1 atom stereocenters. The minimum Gasteiger partial charge on any atom is -0.497 e. The number of halogens is 1. The van der Waals surface area contributed by atoms with Gasteiger partial charge in [-0.25, -0.2) is 9.18 Å². The van der Waals surface area contributed by atoms with Crippen LogP contribution in [0.15, 0.2) is 48.5 Å². The van der Waals surface area contributed by atoms with E-state index in [1.54, 1.807) is 24.3 Å². The van der Waals surface area contributed by atoms with Gasteiger partial charge in [-0.05, 0) is 37.3 Å². The molecule has 0 saturated carbocycles. The Bertz CT molecular complexity index is 697. The summed E-state index contributed by atoms with van der Waals surface area (Å²) in [5.41, 5.74) is 0.434. The second-order valence-corrected chi connectivity index (χ2v) is 4.65. The molecule has 0 spiro atoms. The molecular formula is C17H15FO4. The fourth-order valence-electron chi connectivity index (χ4n) is 1.91. The van der Waals surface area contributed by atoms with Crippen LogP contribution in [0.5, 0.6) is 5.75 Å². The summed E-state index contributed by atoms with van der Waals surface area (Å²) in [5, 5.41) is 0. The van der Waals surface area contributed by atoms with E-state index in [1.807, 2.05) is 0 Å². The van der Waals surface area contributed by atoms with Gasteiger partial charge in [-0.3, -0.25) is 4.79 Å². The van der Waals surface area contributed by atoms with Gasteiger partial charge in [-0.1, -0.05) is 18.2 Å². The Morgan fingerprint density at radius 3 is 2.41 bits per heavy atom. The molecule has 0 aliphatic heterocycles. The van der Waals surface area contributed by atoms with E-state index in [0.717, 1.165) is 6.07 Å². The predicted molar refractivity (Wildman–Crippen MR) is 78.6 cm³/mol. The third kappa shape index (κ3) is 3.69. The van der Waals surface area contributed by atoms with Crippen molar-refractivity contribution in [3.8, 4) is 5.75 Å². The molecule has 0 aliphatic carbocycles. The van der Waals surface area contributed by atoms with Gasteiger partial charge in [0.15, 0.2) is 6.10 Å². The van der Waals surface area contributed by atoms with Gasteiger partial charge in [0.25, 0.3) is 0 Å². The number of carbonyl (C=O) groups is 2. The summed E-state index contributed by atoms with van der Waals surface area (Å²) in [7, 11) is 1.50. The summed E-state index contributed by atoms with van der Waals surface area (Å²) in [5.74, 6) is -1.11. The second-order valence-electron chi connectivity index (χ2n) is 4.65. The van der Waals surface area contributed by atoms with Crippen molar-refractivity contribution in [1.82, 2.24) is 0 Å². The van der Waals surface area contributed by atoms with Gasteiger partial charge in [0.05, 0.1) is 12.7 Å². The quantitative estimate of drug-likeness (QED) is 0.628. The summed E-state index contributed by atoms with van der Waals surface area (Å²) in [4.78, 5) is 24.1. The standard InChI is InChI=1S/C17H15FO4/c1-11(16(19)12-5-4-8-15(10-12)21-2)22-17(20)13-6-3-7-14(18)9-13/h3-11H,1-2H3/t11-/m1/s1. The smallest absolute Gasteiger partial charge is 0.338 e. The molecule has 4 nitrogen and oxygen atoms in total. The highest BCUT2D eigenvalue weighted by Crippen LogP contribution is 2.16. The first-order chi connectivity index (χ1) is 10.5. The number of hydrogen-bond donors (Lipinski definition) is 0. The van der Waals surface area contributed by atoms with E-state index in [1.165, 1.54) is 32.2 Å². The fraction of sp³-hybridized carbons (Fsp3) is 0.176. The number of hydrogen-bond acceptors (Lipinski definition) is 4. The number of ether oxygens (including phenoxy) is 2. The Morgan fingerprint density at radius 1 is 1.05 bits per heavy atom. The molecule has 0 N–H and O–H groups in total. The van der Waals surface area contributed by atoms with Gasteiger partial charge in [-0.15, -0.1) is 0 Å². The number of esters is 1. The molecule has 0 aromatic heterocycles. The zero-order valence-corrected chi connectivity index (χ0v) is 12.2. The maximum atomic E-state index is 13.1. The maximum Gasteiger partial charge on any atom is 0.338 e. The molecule has 5 heteroatoms. The molecule has 0 bridgehead atoms. The first-order valence-electron chi connectivity index (χ1n) is 6.66. The van der Waals surface area contributed by atoms with Crippen LogP contribution in [0.3, 0.4) is 0 Å². The number of Topliss-reactive ketones (excluding diaryl/α,β-unsaturated/α-hetero) is 1. The second kappa shape index (κ2) is 6.85.